The Labute approximate surface area is 136 Å². The number of amides is 2. The third kappa shape index (κ3) is 5.54. The van der Waals surface area contributed by atoms with Crippen molar-refractivity contribution in [2.45, 2.75) is 26.9 Å². The minimum Gasteiger partial charge on any atom is -0.350 e. The molecule has 0 radical (unpaired) electrons. The number of hydrogen-bond donors (Lipinski definition) is 1. The van der Waals surface area contributed by atoms with Crippen molar-refractivity contribution in [1.29, 1.82) is 0 Å². The van der Waals surface area contributed by atoms with Gasteiger partial charge in [-0.25, -0.2) is 0 Å². The van der Waals surface area contributed by atoms with Crippen molar-refractivity contribution in [2.75, 3.05) is 6.54 Å². The summed E-state index contributed by atoms with van der Waals surface area (Å²) in [6, 6.07) is 13.5. The van der Waals surface area contributed by atoms with Crippen molar-refractivity contribution in [1.82, 2.24) is 15.2 Å². The highest BCUT2D eigenvalue weighted by Gasteiger charge is 2.14. The molecule has 120 valence electrons. The lowest BCUT2D eigenvalue weighted by Crippen LogP contribution is -2.39. The van der Waals surface area contributed by atoms with E-state index in [1.807, 2.05) is 49.4 Å². The van der Waals surface area contributed by atoms with Gasteiger partial charge >= 0.3 is 0 Å². The van der Waals surface area contributed by atoms with Gasteiger partial charge in [-0.3, -0.25) is 14.6 Å². The van der Waals surface area contributed by atoms with Crippen LogP contribution in [-0.2, 0) is 22.7 Å². The Hall–Kier alpha value is -2.69. The zero-order valence-corrected chi connectivity index (χ0v) is 13.5. The highest BCUT2D eigenvalue weighted by molar-refractivity contribution is 5.83. The van der Waals surface area contributed by atoms with E-state index in [2.05, 4.69) is 10.3 Å². The van der Waals surface area contributed by atoms with Gasteiger partial charge in [-0.05, 0) is 24.6 Å². The summed E-state index contributed by atoms with van der Waals surface area (Å²) in [5.74, 6) is -0.335. The second kappa shape index (κ2) is 8.08. The first-order valence-corrected chi connectivity index (χ1v) is 7.52. The zero-order valence-electron chi connectivity index (χ0n) is 13.5. The number of pyridine rings is 1. The first kappa shape index (κ1) is 16.7. The van der Waals surface area contributed by atoms with E-state index in [0.717, 1.165) is 11.3 Å². The van der Waals surface area contributed by atoms with Crippen molar-refractivity contribution in [3.63, 3.8) is 0 Å². The SMILES string of the molecule is CC(=O)N(CC(=O)NCc1ccc(C)cc1)Cc1ccccn1. The molecule has 0 fully saturated rings. The van der Waals surface area contributed by atoms with E-state index >= 15 is 0 Å². The molecule has 0 atom stereocenters. The van der Waals surface area contributed by atoms with Crippen molar-refractivity contribution < 1.29 is 9.59 Å². The molecule has 0 unspecified atom stereocenters. The maximum atomic E-state index is 12.1. The van der Waals surface area contributed by atoms with Gasteiger partial charge in [0.2, 0.25) is 11.8 Å². The zero-order chi connectivity index (χ0) is 16.7. The molecular weight excluding hydrogens is 290 g/mol. The number of aryl methyl sites for hydroxylation is 1. The van der Waals surface area contributed by atoms with E-state index in [-0.39, 0.29) is 18.4 Å². The normalized spacial score (nSPS) is 10.2. The fraction of sp³-hybridized carbons (Fsp3) is 0.278. The number of carbonyl (C=O) groups is 2. The largest absolute Gasteiger partial charge is 0.350 e. The Morgan fingerprint density at radius 2 is 1.87 bits per heavy atom. The first-order valence-electron chi connectivity index (χ1n) is 7.52. The van der Waals surface area contributed by atoms with E-state index < -0.39 is 0 Å². The van der Waals surface area contributed by atoms with Gasteiger partial charge < -0.3 is 10.2 Å². The Kier molecular flexibility index (Phi) is 5.86. The predicted octanol–water partition coefficient (Wildman–Crippen LogP) is 2.05. The molecule has 0 spiro atoms. The summed E-state index contributed by atoms with van der Waals surface area (Å²) in [6.07, 6.45) is 1.67. The fourth-order valence-corrected chi connectivity index (χ4v) is 2.10. The van der Waals surface area contributed by atoms with Gasteiger partial charge in [0, 0.05) is 19.7 Å². The monoisotopic (exact) mass is 311 g/mol. The Morgan fingerprint density at radius 3 is 2.48 bits per heavy atom. The van der Waals surface area contributed by atoms with Gasteiger partial charge in [-0.15, -0.1) is 0 Å². The molecule has 1 aromatic heterocycles. The molecule has 2 amide bonds. The molecule has 1 N–H and O–H groups in total. The van der Waals surface area contributed by atoms with Gasteiger partial charge in [0.1, 0.15) is 0 Å². The summed E-state index contributed by atoms with van der Waals surface area (Å²) in [5.41, 5.74) is 2.97. The van der Waals surface area contributed by atoms with Crippen molar-refractivity contribution >= 4 is 11.8 Å². The van der Waals surface area contributed by atoms with Crippen LogP contribution < -0.4 is 5.32 Å². The molecule has 1 aromatic carbocycles. The molecule has 23 heavy (non-hydrogen) atoms. The molecule has 5 heteroatoms. The second-order valence-electron chi connectivity index (χ2n) is 5.46. The molecule has 0 aliphatic carbocycles. The molecule has 0 aliphatic heterocycles. The van der Waals surface area contributed by atoms with Crippen molar-refractivity contribution in [3.05, 3.63) is 65.5 Å². The summed E-state index contributed by atoms with van der Waals surface area (Å²) >= 11 is 0. The summed E-state index contributed by atoms with van der Waals surface area (Å²) in [5, 5.41) is 2.84. The molecular formula is C18H21N3O2. The number of aromatic nitrogens is 1. The molecule has 2 rings (SSSR count). The maximum Gasteiger partial charge on any atom is 0.239 e. The van der Waals surface area contributed by atoms with E-state index in [1.165, 1.54) is 17.4 Å². The van der Waals surface area contributed by atoms with E-state index in [1.54, 1.807) is 6.20 Å². The van der Waals surface area contributed by atoms with Crippen LogP contribution in [0.1, 0.15) is 23.7 Å². The third-order valence-electron chi connectivity index (χ3n) is 3.47. The van der Waals surface area contributed by atoms with Crippen LogP contribution in [-0.4, -0.2) is 28.2 Å². The van der Waals surface area contributed by atoms with Crippen LogP contribution in [0.15, 0.2) is 48.7 Å². The standard InChI is InChI=1S/C18H21N3O2/c1-14-6-8-16(9-7-14)11-20-18(23)13-21(15(2)22)12-17-5-3-4-10-19-17/h3-10H,11-13H2,1-2H3,(H,20,23). The number of nitrogens with one attached hydrogen (secondary N) is 1. The maximum absolute atomic E-state index is 12.1. The number of hydrogen-bond acceptors (Lipinski definition) is 3. The van der Waals surface area contributed by atoms with Crippen LogP contribution >= 0.6 is 0 Å². The number of rotatable bonds is 6. The Balaban J connectivity index is 1.88. The second-order valence-corrected chi connectivity index (χ2v) is 5.46. The van der Waals surface area contributed by atoms with Gasteiger partial charge in [-0.1, -0.05) is 35.9 Å². The summed E-state index contributed by atoms with van der Waals surface area (Å²) in [7, 11) is 0. The third-order valence-corrected chi connectivity index (χ3v) is 3.47. The molecule has 0 bridgehead atoms. The van der Waals surface area contributed by atoms with Crippen LogP contribution in [0, 0.1) is 6.92 Å². The number of nitrogens with zero attached hydrogens (tertiary/aromatic N) is 2. The van der Waals surface area contributed by atoms with Crippen LogP contribution in [0.4, 0.5) is 0 Å². The van der Waals surface area contributed by atoms with Gasteiger partial charge in [-0.2, -0.15) is 0 Å². The molecule has 5 nitrogen and oxygen atoms in total. The summed E-state index contributed by atoms with van der Waals surface area (Å²) in [6.45, 7) is 4.28. The van der Waals surface area contributed by atoms with Crippen LogP contribution in [0.5, 0.6) is 0 Å². The van der Waals surface area contributed by atoms with E-state index in [0.29, 0.717) is 13.1 Å². The summed E-state index contributed by atoms with van der Waals surface area (Å²) in [4.78, 5) is 29.4. The van der Waals surface area contributed by atoms with Crippen LogP contribution in [0.3, 0.4) is 0 Å². The van der Waals surface area contributed by atoms with Gasteiger partial charge in [0.25, 0.3) is 0 Å². The molecule has 0 saturated heterocycles. The minimum absolute atomic E-state index is 0.0256. The first-order chi connectivity index (χ1) is 11.0. The fourth-order valence-electron chi connectivity index (χ4n) is 2.10. The number of benzene rings is 1. The lowest BCUT2D eigenvalue weighted by atomic mass is 10.1. The van der Waals surface area contributed by atoms with E-state index in [4.69, 9.17) is 0 Å². The lowest BCUT2D eigenvalue weighted by Gasteiger charge is -2.20. The molecule has 0 saturated carbocycles. The smallest absolute Gasteiger partial charge is 0.239 e. The quantitative estimate of drug-likeness (QED) is 0.888. The van der Waals surface area contributed by atoms with Crippen molar-refractivity contribution in [3.8, 4) is 0 Å². The highest BCUT2D eigenvalue weighted by Crippen LogP contribution is 2.04. The van der Waals surface area contributed by atoms with Crippen LogP contribution in [0.25, 0.3) is 0 Å². The van der Waals surface area contributed by atoms with Crippen LogP contribution in [0.2, 0.25) is 0 Å². The average Bonchev–Trinajstić information content (AvgIpc) is 2.54. The van der Waals surface area contributed by atoms with Gasteiger partial charge in [0.15, 0.2) is 0 Å². The average molecular weight is 311 g/mol. The molecule has 0 aliphatic rings. The predicted molar refractivity (Wildman–Crippen MR) is 88.4 cm³/mol. The molecule has 2 aromatic rings. The van der Waals surface area contributed by atoms with Crippen molar-refractivity contribution in [2.24, 2.45) is 0 Å². The Bertz CT molecular complexity index is 654. The minimum atomic E-state index is -0.184. The lowest BCUT2D eigenvalue weighted by molar-refractivity contribution is -0.135. The van der Waals surface area contributed by atoms with Gasteiger partial charge in [0.05, 0.1) is 18.8 Å². The Morgan fingerprint density at radius 1 is 1.13 bits per heavy atom. The molecule has 1 heterocycles. The topological polar surface area (TPSA) is 62.3 Å². The summed E-state index contributed by atoms with van der Waals surface area (Å²) < 4.78 is 0. The number of carbonyl (C=O) groups excluding carboxylic acids is 2. The highest BCUT2D eigenvalue weighted by atomic mass is 16.2. The van der Waals surface area contributed by atoms with E-state index in [9.17, 15) is 9.59 Å².